The fraction of sp³-hybridized carbons (Fsp3) is 0.300. The highest BCUT2D eigenvalue weighted by molar-refractivity contribution is 9.10. The first-order valence-electron chi connectivity index (χ1n) is 4.74. The predicted octanol–water partition coefficient (Wildman–Crippen LogP) is 1.51. The lowest BCUT2D eigenvalue weighted by Crippen LogP contribution is -2.29. The molecule has 94 valence electrons. The zero-order chi connectivity index (χ0) is 13.1. The third-order valence-corrected chi connectivity index (χ3v) is 3.87. The highest BCUT2D eigenvalue weighted by atomic mass is 79.9. The lowest BCUT2D eigenvalue weighted by atomic mass is 10.2. The minimum absolute atomic E-state index is 0.0725. The van der Waals surface area contributed by atoms with Crippen molar-refractivity contribution in [2.24, 2.45) is 0 Å². The van der Waals surface area contributed by atoms with Gasteiger partial charge in [0.1, 0.15) is 9.84 Å². The summed E-state index contributed by atoms with van der Waals surface area (Å²) in [5, 5.41) is 2.54. The number of benzene rings is 1. The van der Waals surface area contributed by atoms with Crippen molar-refractivity contribution in [2.45, 2.75) is 4.90 Å². The van der Waals surface area contributed by atoms with Crippen LogP contribution in [0.2, 0.25) is 0 Å². The smallest absolute Gasteiger partial charge is 0.252 e. The first-order chi connectivity index (χ1) is 7.79. The van der Waals surface area contributed by atoms with Gasteiger partial charge in [0.15, 0.2) is 0 Å². The van der Waals surface area contributed by atoms with Crippen molar-refractivity contribution in [2.75, 3.05) is 18.6 Å². The van der Waals surface area contributed by atoms with Crippen LogP contribution >= 0.6 is 28.6 Å². The molecule has 1 amide bonds. The Balaban J connectivity index is 2.67. The first-order valence-corrected chi connectivity index (χ1v) is 8.04. The van der Waals surface area contributed by atoms with E-state index in [-0.39, 0.29) is 18.2 Å². The van der Waals surface area contributed by atoms with Gasteiger partial charge in [-0.05, 0) is 34.1 Å². The number of sulfone groups is 1. The number of hydrogen-bond donors (Lipinski definition) is 2. The molecule has 7 heteroatoms. The van der Waals surface area contributed by atoms with Crippen molar-refractivity contribution in [3.8, 4) is 0 Å². The minimum atomic E-state index is -3.06. The zero-order valence-electron chi connectivity index (χ0n) is 9.10. The Morgan fingerprint density at radius 3 is 2.71 bits per heavy atom. The molecule has 17 heavy (non-hydrogen) atoms. The zero-order valence-corrected chi connectivity index (χ0v) is 12.4. The Morgan fingerprint density at radius 2 is 2.12 bits per heavy atom. The maximum absolute atomic E-state index is 11.7. The molecular formula is C10H12BrNO3S2. The van der Waals surface area contributed by atoms with Gasteiger partial charge in [-0.2, -0.15) is 0 Å². The molecule has 0 aromatic heterocycles. The van der Waals surface area contributed by atoms with E-state index < -0.39 is 9.84 Å². The van der Waals surface area contributed by atoms with Crippen LogP contribution in [-0.4, -0.2) is 32.9 Å². The molecule has 1 rings (SSSR count). The predicted molar refractivity (Wildman–Crippen MR) is 73.4 cm³/mol. The Kier molecular flexibility index (Phi) is 5.03. The van der Waals surface area contributed by atoms with Crippen molar-refractivity contribution < 1.29 is 13.2 Å². The molecule has 0 aliphatic rings. The molecule has 1 aromatic rings. The Hall–Kier alpha value is -0.530. The quantitative estimate of drug-likeness (QED) is 0.818. The van der Waals surface area contributed by atoms with Crippen LogP contribution in [0.25, 0.3) is 0 Å². The molecule has 0 aliphatic heterocycles. The third-order valence-electron chi connectivity index (χ3n) is 1.95. The molecule has 0 saturated heterocycles. The van der Waals surface area contributed by atoms with E-state index in [1.54, 1.807) is 18.2 Å². The molecule has 0 heterocycles. The molecule has 0 radical (unpaired) electrons. The number of amides is 1. The summed E-state index contributed by atoms with van der Waals surface area (Å²) >= 11 is 7.39. The molecule has 0 saturated carbocycles. The van der Waals surface area contributed by atoms with E-state index in [0.717, 1.165) is 6.26 Å². The molecule has 1 N–H and O–H groups in total. The fourth-order valence-corrected chi connectivity index (χ4v) is 2.24. The third kappa shape index (κ3) is 5.10. The van der Waals surface area contributed by atoms with Crippen LogP contribution < -0.4 is 5.32 Å². The van der Waals surface area contributed by atoms with Gasteiger partial charge < -0.3 is 5.32 Å². The van der Waals surface area contributed by atoms with E-state index in [2.05, 4.69) is 33.9 Å². The number of halogens is 1. The van der Waals surface area contributed by atoms with Crippen molar-refractivity contribution >= 4 is 44.3 Å². The molecule has 0 unspecified atom stereocenters. The second kappa shape index (κ2) is 5.88. The van der Waals surface area contributed by atoms with Crippen molar-refractivity contribution in [1.82, 2.24) is 5.32 Å². The maximum Gasteiger partial charge on any atom is 0.252 e. The average Bonchev–Trinajstić information content (AvgIpc) is 2.19. The summed E-state index contributed by atoms with van der Waals surface area (Å²) in [5.74, 6) is -0.395. The van der Waals surface area contributed by atoms with Crippen LogP contribution in [0.5, 0.6) is 0 Å². The van der Waals surface area contributed by atoms with Gasteiger partial charge in [-0.15, -0.1) is 12.6 Å². The molecular weight excluding hydrogens is 326 g/mol. The second-order valence-corrected chi connectivity index (χ2v) is 7.18. The SMILES string of the molecule is CS(=O)(=O)CCNC(=O)c1cc(S)ccc1Br. The molecule has 1 aromatic carbocycles. The number of carbonyl (C=O) groups excluding carboxylic acids is 1. The van der Waals surface area contributed by atoms with Crippen LogP contribution in [0.4, 0.5) is 0 Å². The van der Waals surface area contributed by atoms with Crippen LogP contribution in [0.3, 0.4) is 0 Å². The van der Waals surface area contributed by atoms with E-state index in [0.29, 0.717) is 14.9 Å². The Bertz CT molecular complexity index is 528. The summed E-state index contributed by atoms with van der Waals surface area (Å²) in [6, 6.07) is 5.08. The number of rotatable bonds is 4. The van der Waals surface area contributed by atoms with Gasteiger partial charge in [0.05, 0.1) is 11.3 Å². The summed E-state index contributed by atoms with van der Waals surface area (Å²) in [5.41, 5.74) is 0.436. The minimum Gasteiger partial charge on any atom is -0.351 e. The van der Waals surface area contributed by atoms with Gasteiger partial charge in [0, 0.05) is 22.2 Å². The molecule has 0 spiro atoms. The van der Waals surface area contributed by atoms with E-state index in [1.165, 1.54) is 0 Å². The van der Waals surface area contributed by atoms with Gasteiger partial charge in [-0.1, -0.05) is 0 Å². The second-order valence-electron chi connectivity index (χ2n) is 3.55. The van der Waals surface area contributed by atoms with Gasteiger partial charge >= 0.3 is 0 Å². The van der Waals surface area contributed by atoms with Crippen molar-refractivity contribution in [3.05, 3.63) is 28.2 Å². The van der Waals surface area contributed by atoms with E-state index >= 15 is 0 Å². The summed E-state index contributed by atoms with van der Waals surface area (Å²) in [4.78, 5) is 12.4. The van der Waals surface area contributed by atoms with Crippen LogP contribution in [0.1, 0.15) is 10.4 Å². The monoisotopic (exact) mass is 337 g/mol. The fourth-order valence-electron chi connectivity index (χ4n) is 1.13. The Labute approximate surface area is 114 Å². The summed E-state index contributed by atoms with van der Waals surface area (Å²) in [6.45, 7) is 0.0981. The topological polar surface area (TPSA) is 63.2 Å². The van der Waals surface area contributed by atoms with Crippen LogP contribution in [-0.2, 0) is 9.84 Å². The maximum atomic E-state index is 11.7. The standard InChI is InChI=1S/C10H12BrNO3S2/c1-17(14,15)5-4-12-10(13)8-6-7(16)2-3-9(8)11/h2-3,6,16H,4-5H2,1H3,(H,12,13). The number of thiol groups is 1. The lowest BCUT2D eigenvalue weighted by molar-refractivity contribution is 0.0955. The van der Waals surface area contributed by atoms with E-state index in [9.17, 15) is 13.2 Å². The highest BCUT2D eigenvalue weighted by Gasteiger charge is 2.10. The normalized spacial score (nSPS) is 11.2. The molecule has 4 nitrogen and oxygen atoms in total. The average molecular weight is 338 g/mol. The highest BCUT2D eigenvalue weighted by Crippen LogP contribution is 2.19. The number of nitrogens with one attached hydrogen (secondary N) is 1. The van der Waals surface area contributed by atoms with Gasteiger partial charge in [-0.25, -0.2) is 8.42 Å². The van der Waals surface area contributed by atoms with Crippen molar-refractivity contribution in [1.29, 1.82) is 0 Å². The number of carbonyl (C=O) groups is 1. The lowest BCUT2D eigenvalue weighted by Gasteiger charge is -2.06. The Morgan fingerprint density at radius 1 is 1.47 bits per heavy atom. The molecule has 0 fully saturated rings. The molecule has 0 bridgehead atoms. The molecule has 0 aliphatic carbocycles. The van der Waals surface area contributed by atoms with Gasteiger partial charge in [0.2, 0.25) is 0 Å². The largest absolute Gasteiger partial charge is 0.351 e. The van der Waals surface area contributed by atoms with Crippen LogP contribution in [0, 0.1) is 0 Å². The first kappa shape index (κ1) is 14.5. The summed E-state index contributed by atoms with van der Waals surface area (Å²) in [7, 11) is -3.06. The van der Waals surface area contributed by atoms with Gasteiger partial charge in [0.25, 0.3) is 5.91 Å². The van der Waals surface area contributed by atoms with Crippen molar-refractivity contribution in [3.63, 3.8) is 0 Å². The van der Waals surface area contributed by atoms with Gasteiger partial charge in [-0.3, -0.25) is 4.79 Å². The number of hydrogen-bond acceptors (Lipinski definition) is 4. The molecule has 0 atom stereocenters. The summed E-state index contributed by atoms with van der Waals surface area (Å²) < 4.78 is 22.4. The summed E-state index contributed by atoms with van der Waals surface area (Å²) in [6.07, 6.45) is 1.13. The van der Waals surface area contributed by atoms with Crippen LogP contribution in [0.15, 0.2) is 27.6 Å². The van der Waals surface area contributed by atoms with E-state index in [4.69, 9.17) is 0 Å². The van der Waals surface area contributed by atoms with E-state index in [1.807, 2.05) is 0 Å².